The smallest absolute Gasteiger partial charge is 0.338 e. The van der Waals surface area contributed by atoms with Gasteiger partial charge in [-0.25, -0.2) is 9.59 Å². The van der Waals surface area contributed by atoms with Crippen LogP contribution in [0.2, 0.25) is 0 Å². The van der Waals surface area contributed by atoms with Crippen molar-refractivity contribution in [1.82, 2.24) is 14.7 Å². The Morgan fingerprint density at radius 2 is 0.881 bits per heavy atom. The fourth-order valence-corrected chi connectivity index (χ4v) is 7.74. The number of carboxylic acids is 2. The Bertz CT molecular complexity index is 1440. The van der Waals surface area contributed by atoms with Gasteiger partial charge >= 0.3 is 23.9 Å². The fourth-order valence-electron chi connectivity index (χ4n) is 7.52. The Balaban J connectivity index is 0.000000267. The first-order valence-electron chi connectivity index (χ1n) is 20.6. The largest absolute Gasteiger partial charge is 0.481 e. The highest BCUT2D eigenvalue weighted by Crippen LogP contribution is 2.32. The van der Waals surface area contributed by atoms with Gasteiger partial charge in [-0.05, 0) is 133 Å². The van der Waals surface area contributed by atoms with Crippen LogP contribution in [-0.4, -0.2) is 117 Å². The van der Waals surface area contributed by atoms with Crippen LogP contribution in [0.25, 0.3) is 0 Å². The lowest BCUT2D eigenvalue weighted by Gasteiger charge is -2.28. The number of imide groups is 2. The minimum atomic E-state index is -0.738. The molecule has 0 aromatic heterocycles. The number of nitrogens with two attached hydrogens (primary N) is 1. The molecule has 3 aliphatic heterocycles. The molecule has 16 nitrogen and oxygen atoms in total. The highest BCUT2D eigenvalue weighted by molar-refractivity contribution is 6.64. The molecule has 17 heteroatoms. The van der Waals surface area contributed by atoms with Gasteiger partial charge in [-0.15, -0.1) is 0 Å². The van der Waals surface area contributed by atoms with E-state index in [1.54, 1.807) is 0 Å². The number of aliphatic carboxylic acids is 2. The summed E-state index contributed by atoms with van der Waals surface area (Å²) in [5.74, 6) is -2.78. The number of rotatable bonds is 11. The van der Waals surface area contributed by atoms with E-state index in [2.05, 4.69) is 30.4 Å². The van der Waals surface area contributed by atoms with E-state index in [4.69, 9.17) is 27.5 Å². The monoisotopic (exact) mass is 848 g/mol. The van der Waals surface area contributed by atoms with Crippen molar-refractivity contribution < 1.29 is 58.1 Å². The third-order valence-electron chi connectivity index (χ3n) is 11.5. The molecule has 0 radical (unpaired) electrons. The van der Waals surface area contributed by atoms with E-state index < -0.39 is 23.9 Å². The molecule has 0 bridgehead atoms. The number of hydrogen-bond donors (Lipinski definition) is 3. The number of carbonyl (C=O) groups excluding carboxylic acids is 7. The summed E-state index contributed by atoms with van der Waals surface area (Å²) in [5.41, 5.74) is 5.48. The lowest BCUT2D eigenvalue weighted by Crippen LogP contribution is -2.36. The average molecular weight is 849 g/mol. The van der Waals surface area contributed by atoms with Crippen molar-refractivity contribution in [2.75, 3.05) is 39.3 Å². The molecule has 0 saturated heterocycles. The number of nitrogens with zero attached hydrogens (tertiary/aromatic N) is 3. The van der Waals surface area contributed by atoms with Crippen LogP contribution in [0.3, 0.4) is 0 Å². The number of halogens is 1. The normalized spacial score (nSPS) is 25.9. The molecule has 0 spiro atoms. The highest BCUT2D eigenvalue weighted by Gasteiger charge is 2.32. The highest BCUT2D eigenvalue weighted by atomic mass is 35.5. The molecule has 3 saturated carbocycles. The van der Waals surface area contributed by atoms with E-state index in [1.807, 2.05) is 0 Å². The zero-order chi connectivity index (χ0) is 44.1. The Hall–Kier alpha value is -4.54. The summed E-state index contributed by atoms with van der Waals surface area (Å²) in [6.45, 7) is 11.7. The van der Waals surface area contributed by atoms with E-state index in [0.717, 1.165) is 76.4 Å². The topological polar surface area (TPSA) is 239 Å². The van der Waals surface area contributed by atoms with Crippen LogP contribution >= 0.6 is 11.6 Å². The SMILES string of the molecule is CCN(CC)CC.NCC1CCC(C(=O)O)CC1.O=C(Cl)C1CCC(CN2C(=O)C=CC2=O)CC1.O=C(O)C1CCC(CN2C(=O)C=CC2=O)CC1.O=C1C=CC(=O)O1. The van der Waals surface area contributed by atoms with Crippen LogP contribution in [0.1, 0.15) is 97.8 Å². The minimum absolute atomic E-state index is 0.0453. The van der Waals surface area contributed by atoms with Crippen molar-refractivity contribution in [2.24, 2.45) is 41.2 Å². The van der Waals surface area contributed by atoms with Gasteiger partial charge in [0.05, 0.1) is 11.8 Å². The molecule has 0 unspecified atom stereocenters. The first-order chi connectivity index (χ1) is 28.0. The Morgan fingerprint density at radius 1 is 0.576 bits per heavy atom. The molecule has 59 heavy (non-hydrogen) atoms. The molecule has 3 heterocycles. The molecule has 328 valence electrons. The first kappa shape index (κ1) is 50.6. The molecule has 0 aromatic carbocycles. The summed E-state index contributed by atoms with van der Waals surface area (Å²) >= 11 is 5.45. The van der Waals surface area contributed by atoms with Crippen molar-refractivity contribution in [2.45, 2.75) is 97.8 Å². The second kappa shape index (κ2) is 26.5. The summed E-state index contributed by atoms with van der Waals surface area (Å²) in [7, 11) is 0. The fraction of sp³-hybridized carbons (Fsp3) is 0.643. The molecule has 0 atom stereocenters. The molecule has 3 aliphatic carbocycles. The molecule has 4 N–H and O–H groups in total. The van der Waals surface area contributed by atoms with Crippen LogP contribution in [0.15, 0.2) is 36.5 Å². The molecular weight excluding hydrogens is 788 g/mol. The number of hydrogen-bond acceptors (Lipinski definition) is 12. The van der Waals surface area contributed by atoms with Gasteiger partial charge in [0, 0.05) is 55.5 Å². The molecule has 4 amide bonds. The lowest BCUT2D eigenvalue weighted by molar-refractivity contribution is -0.150. The van der Waals surface area contributed by atoms with Crippen LogP contribution in [0.4, 0.5) is 0 Å². The van der Waals surface area contributed by atoms with Gasteiger partial charge in [0.15, 0.2) is 0 Å². The molecule has 6 aliphatic rings. The maximum Gasteiger partial charge on any atom is 0.338 e. The van der Waals surface area contributed by atoms with Crippen molar-refractivity contribution in [3.8, 4) is 0 Å². The molecule has 6 rings (SSSR count). The zero-order valence-electron chi connectivity index (χ0n) is 34.4. The first-order valence-corrected chi connectivity index (χ1v) is 21.0. The van der Waals surface area contributed by atoms with E-state index in [-0.39, 0.29) is 52.5 Å². The van der Waals surface area contributed by atoms with Gasteiger partial charge in [0.25, 0.3) is 23.6 Å². The Morgan fingerprint density at radius 3 is 1.10 bits per heavy atom. The summed E-state index contributed by atoms with van der Waals surface area (Å²) in [5, 5.41) is 17.3. The summed E-state index contributed by atoms with van der Waals surface area (Å²) < 4.78 is 3.97. The minimum Gasteiger partial charge on any atom is -0.481 e. The maximum atomic E-state index is 11.4. The Kier molecular flexibility index (Phi) is 22.8. The number of ether oxygens (including phenoxy) is 1. The van der Waals surface area contributed by atoms with Crippen LogP contribution < -0.4 is 5.73 Å². The van der Waals surface area contributed by atoms with Crippen LogP contribution in [0, 0.1) is 35.5 Å². The number of amides is 4. The summed E-state index contributed by atoms with van der Waals surface area (Å²) in [6, 6.07) is 0. The van der Waals surface area contributed by atoms with Crippen molar-refractivity contribution in [3.05, 3.63) is 36.5 Å². The maximum absolute atomic E-state index is 11.4. The van der Waals surface area contributed by atoms with Gasteiger partial charge in [-0.3, -0.25) is 43.4 Å². The van der Waals surface area contributed by atoms with Gasteiger partial charge < -0.3 is 25.6 Å². The van der Waals surface area contributed by atoms with Gasteiger partial charge in [0.2, 0.25) is 5.24 Å². The standard InChI is InChI=1S/C12H14ClNO3.C12H15NO4.C8H15NO2.C6H15N.C4H2O3/c13-12(17)9-3-1-8(2-4-9)7-14-10(15)5-6-11(14)16;14-10-5-6-11(15)13(10)7-8-1-3-9(4-2-8)12(16)17;9-5-6-1-3-7(4-2-6)8(10)11;1-4-7(5-2)6-3;5-3-1-2-4(6)7-3/h5-6,8-9H,1-4,7H2;5-6,8-9H,1-4,7H2,(H,16,17);6-7H,1-5,9H2,(H,10,11);4-6H2,1-3H3;1-2H. The van der Waals surface area contributed by atoms with Crippen LogP contribution in [-0.2, 0) is 47.9 Å². The van der Waals surface area contributed by atoms with E-state index in [1.165, 1.54) is 53.7 Å². The molecule has 3 fully saturated rings. The number of cyclic esters (lactones) is 2. The third kappa shape index (κ3) is 18.1. The van der Waals surface area contributed by atoms with Crippen LogP contribution in [0.5, 0.6) is 0 Å². The van der Waals surface area contributed by atoms with Gasteiger partial charge in [0.1, 0.15) is 0 Å². The van der Waals surface area contributed by atoms with Crippen molar-refractivity contribution >= 4 is 64.3 Å². The average Bonchev–Trinajstić information content (AvgIpc) is 3.88. The van der Waals surface area contributed by atoms with Gasteiger partial charge in [-0.2, -0.15) is 0 Å². The predicted octanol–water partition coefficient (Wildman–Crippen LogP) is 4.10. The van der Waals surface area contributed by atoms with Crippen molar-refractivity contribution in [1.29, 1.82) is 0 Å². The number of carbonyl (C=O) groups is 9. The van der Waals surface area contributed by atoms with Crippen molar-refractivity contribution in [3.63, 3.8) is 0 Å². The third-order valence-corrected chi connectivity index (χ3v) is 11.8. The zero-order valence-corrected chi connectivity index (χ0v) is 35.2. The number of carboxylic acid groups (broad SMARTS) is 2. The summed E-state index contributed by atoms with van der Waals surface area (Å²) in [6.07, 6.45) is 17.0. The summed E-state index contributed by atoms with van der Waals surface area (Å²) in [4.78, 5) is 102. The second-order valence-corrected chi connectivity index (χ2v) is 15.7. The Labute approximate surface area is 351 Å². The predicted molar refractivity (Wildman–Crippen MR) is 217 cm³/mol. The lowest BCUT2D eigenvalue weighted by atomic mass is 9.82. The molecular formula is C42H61ClN4O12. The van der Waals surface area contributed by atoms with E-state index in [0.29, 0.717) is 44.3 Å². The quantitative estimate of drug-likeness (QED) is 0.115. The number of esters is 2. The second-order valence-electron chi connectivity index (χ2n) is 15.3. The molecule has 0 aromatic rings. The van der Waals surface area contributed by atoms with Gasteiger partial charge in [-0.1, -0.05) is 20.8 Å². The van der Waals surface area contributed by atoms with E-state index >= 15 is 0 Å². The van der Waals surface area contributed by atoms with E-state index in [9.17, 15) is 43.2 Å².